The molecule has 0 radical (unpaired) electrons. The predicted molar refractivity (Wildman–Crippen MR) is 53.4 cm³/mol. The Labute approximate surface area is 92.4 Å². The molecule has 0 saturated carbocycles. The first-order valence-electron chi connectivity index (χ1n) is 4.78. The summed E-state index contributed by atoms with van der Waals surface area (Å²) in [4.78, 5) is 22.7. The predicted octanol–water partition coefficient (Wildman–Crippen LogP) is 1.00. The number of carboxylic acids is 1. The number of nitrogens with one attached hydrogen (secondary N) is 1. The van der Waals surface area contributed by atoms with E-state index in [9.17, 15) is 18.4 Å². The Morgan fingerprint density at radius 3 is 2.25 bits per heavy atom. The van der Waals surface area contributed by atoms with Crippen molar-refractivity contribution >= 4 is 12.0 Å². The first kappa shape index (κ1) is 14.6. The first-order chi connectivity index (χ1) is 7.25. The molecular weight excluding hydrogens is 222 g/mol. The second kappa shape index (κ2) is 6.24. The fourth-order valence-corrected chi connectivity index (χ4v) is 0.934. The normalized spacial score (nSPS) is 14.4. The summed E-state index contributed by atoms with van der Waals surface area (Å²) in [7, 11) is 1.22. The van der Waals surface area contributed by atoms with Crippen LogP contribution >= 0.6 is 0 Å². The van der Waals surface area contributed by atoms with Crippen LogP contribution in [0.1, 0.15) is 13.8 Å². The Hall–Kier alpha value is -1.40. The van der Waals surface area contributed by atoms with Crippen LogP contribution in [0.2, 0.25) is 0 Å². The fourth-order valence-electron chi connectivity index (χ4n) is 0.934. The van der Waals surface area contributed by atoms with Crippen molar-refractivity contribution in [1.29, 1.82) is 0 Å². The van der Waals surface area contributed by atoms with Crippen LogP contribution in [0, 0.1) is 5.92 Å². The maximum atomic E-state index is 12.0. The van der Waals surface area contributed by atoms with E-state index >= 15 is 0 Å². The minimum atomic E-state index is -2.61. The summed E-state index contributed by atoms with van der Waals surface area (Å²) in [5, 5.41) is 11.0. The zero-order valence-electron chi connectivity index (χ0n) is 9.41. The van der Waals surface area contributed by atoms with Crippen LogP contribution in [0.15, 0.2) is 0 Å². The van der Waals surface area contributed by atoms with E-state index in [0.29, 0.717) is 0 Å². The molecule has 0 aliphatic carbocycles. The summed E-state index contributed by atoms with van der Waals surface area (Å²) in [5.74, 6) is -1.83. The van der Waals surface area contributed by atoms with Gasteiger partial charge in [-0.3, -0.25) is 4.79 Å². The molecule has 2 atom stereocenters. The van der Waals surface area contributed by atoms with Crippen LogP contribution in [0.5, 0.6) is 0 Å². The number of carbonyl (C=O) groups excluding carboxylic acids is 1. The second-order valence-corrected chi connectivity index (χ2v) is 3.64. The van der Waals surface area contributed by atoms with Gasteiger partial charge in [0.2, 0.25) is 0 Å². The third-order valence-electron chi connectivity index (χ3n) is 2.25. The minimum Gasteiger partial charge on any atom is -0.481 e. The van der Waals surface area contributed by atoms with Gasteiger partial charge in [-0.1, -0.05) is 0 Å². The summed E-state index contributed by atoms with van der Waals surface area (Å²) in [5.41, 5.74) is 0. The van der Waals surface area contributed by atoms with Crippen molar-refractivity contribution in [3.8, 4) is 0 Å². The average molecular weight is 238 g/mol. The zero-order chi connectivity index (χ0) is 12.9. The lowest BCUT2D eigenvalue weighted by atomic mass is 10.0. The molecule has 0 aliphatic heterocycles. The minimum absolute atomic E-state index is 0.620. The van der Waals surface area contributed by atoms with Crippen LogP contribution in [0.4, 0.5) is 13.6 Å². The molecule has 16 heavy (non-hydrogen) atoms. The number of amides is 2. The summed E-state index contributed by atoms with van der Waals surface area (Å²) in [6.45, 7) is 2.26. The number of alkyl halides is 2. The van der Waals surface area contributed by atoms with Gasteiger partial charge < -0.3 is 15.3 Å². The topological polar surface area (TPSA) is 69.6 Å². The van der Waals surface area contributed by atoms with Crippen LogP contribution in [-0.4, -0.2) is 48.1 Å². The standard InChI is InChI=1S/C9H16F2N2O3/c1-5(8(14)15)6(2)12-9(16)13(3)4-7(10)11/h5-7H,4H2,1-3H3,(H,12,16)(H,14,15). The number of urea groups is 1. The van der Waals surface area contributed by atoms with Crippen molar-refractivity contribution in [2.75, 3.05) is 13.6 Å². The largest absolute Gasteiger partial charge is 0.481 e. The van der Waals surface area contributed by atoms with Gasteiger partial charge in [-0.2, -0.15) is 0 Å². The van der Waals surface area contributed by atoms with Crippen molar-refractivity contribution in [3.05, 3.63) is 0 Å². The maximum Gasteiger partial charge on any atom is 0.317 e. The third-order valence-corrected chi connectivity index (χ3v) is 2.25. The molecule has 0 saturated heterocycles. The molecule has 0 bridgehead atoms. The molecule has 2 N–H and O–H groups in total. The van der Waals surface area contributed by atoms with Gasteiger partial charge in [0.05, 0.1) is 12.5 Å². The Balaban J connectivity index is 4.18. The van der Waals surface area contributed by atoms with Crippen molar-refractivity contribution in [1.82, 2.24) is 10.2 Å². The van der Waals surface area contributed by atoms with Gasteiger partial charge in [0.15, 0.2) is 0 Å². The molecular formula is C9H16F2N2O3. The summed E-state index contributed by atoms with van der Waals surface area (Å²) < 4.78 is 23.9. The number of carbonyl (C=O) groups is 2. The molecule has 2 amide bonds. The highest BCUT2D eigenvalue weighted by molar-refractivity contribution is 5.76. The van der Waals surface area contributed by atoms with E-state index in [1.54, 1.807) is 0 Å². The Bertz CT molecular complexity index is 261. The van der Waals surface area contributed by atoms with Gasteiger partial charge in [-0.25, -0.2) is 13.6 Å². The number of rotatable bonds is 5. The number of hydrogen-bond acceptors (Lipinski definition) is 2. The lowest BCUT2D eigenvalue weighted by Gasteiger charge is -2.22. The van der Waals surface area contributed by atoms with Crippen molar-refractivity contribution in [2.45, 2.75) is 26.3 Å². The Kier molecular flexibility index (Phi) is 5.69. The van der Waals surface area contributed by atoms with Crippen LogP contribution in [0.25, 0.3) is 0 Å². The molecule has 0 rings (SSSR count). The van der Waals surface area contributed by atoms with Gasteiger partial charge in [0.25, 0.3) is 6.43 Å². The average Bonchev–Trinajstić information content (AvgIpc) is 2.14. The molecule has 0 spiro atoms. The van der Waals surface area contributed by atoms with Gasteiger partial charge >= 0.3 is 12.0 Å². The van der Waals surface area contributed by atoms with Gasteiger partial charge in [0.1, 0.15) is 0 Å². The molecule has 2 unspecified atom stereocenters. The summed E-state index contributed by atoms with van der Waals surface area (Å²) in [6.07, 6.45) is -2.61. The number of halogens is 2. The van der Waals surface area contributed by atoms with Crippen molar-refractivity contribution in [3.63, 3.8) is 0 Å². The van der Waals surface area contributed by atoms with E-state index in [1.165, 1.54) is 20.9 Å². The summed E-state index contributed by atoms with van der Waals surface area (Å²) in [6, 6.07) is -1.33. The van der Waals surface area contributed by atoms with Gasteiger partial charge in [-0.05, 0) is 13.8 Å². The summed E-state index contributed by atoms with van der Waals surface area (Å²) >= 11 is 0. The Morgan fingerprint density at radius 1 is 1.38 bits per heavy atom. The highest BCUT2D eigenvalue weighted by Crippen LogP contribution is 2.03. The number of aliphatic carboxylic acids is 1. The molecule has 0 heterocycles. The molecule has 0 aromatic carbocycles. The van der Waals surface area contributed by atoms with Crippen molar-refractivity contribution in [2.24, 2.45) is 5.92 Å². The van der Waals surface area contributed by atoms with Crippen molar-refractivity contribution < 1.29 is 23.5 Å². The lowest BCUT2D eigenvalue weighted by Crippen LogP contribution is -2.47. The number of carboxylic acid groups (broad SMARTS) is 1. The fraction of sp³-hybridized carbons (Fsp3) is 0.778. The maximum absolute atomic E-state index is 12.0. The van der Waals surface area contributed by atoms with Crippen LogP contribution in [-0.2, 0) is 4.79 Å². The highest BCUT2D eigenvalue weighted by atomic mass is 19.3. The quantitative estimate of drug-likeness (QED) is 0.750. The number of nitrogens with zero attached hydrogens (tertiary/aromatic N) is 1. The molecule has 0 aromatic heterocycles. The smallest absolute Gasteiger partial charge is 0.317 e. The Morgan fingerprint density at radius 2 is 1.88 bits per heavy atom. The lowest BCUT2D eigenvalue weighted by molar-refractivity contribution is -0.141. The SMILES string of the molecule is CC(NC(=O)N(C)CC(F)F)C(C)C(=O)O. The van der Waals surface area contributed by atoms with Crippen LogP contribution < -0.4 is 5.32 Å². The highest BCUT2D eigenvalue weighted by Gasteiger charge is 2.23. The second-order valence-electron chi connectivity index (χ2n) is 3.64. The van der Waals surface area contributed by atoms with Crippen LogP contribution in [0.3, 0.4) is 0 Å². The monoisotopic (exact) mass is 238 g/mol. The van der Waals surface area contributed by atoms with E-state index in [4.69, 9.17) is 5.11 Å². The van der Waals surface area contributed by atoms with E-state index in [0.717, 1.165) is 4.90 Å². The zero-order valence-corrected chi connectivity index (χ0v) is 9.41. The van der Waals surface area contributed by atoms with Gasteiger partial charge in [0, 0.05) is 13.1 Å². The molecule has 94 valence electrons. The molecule has 5 nitrogen and oxygen atoms in total. The molecule has 7 heteroatoms. The van der Waals surface area contributed by atoms with E-state index in [1.807, 2.05) is 0 Å². The van der Waals surface area contributed by atoms with Gasteiger partial charge in [-0.15, -0.1) is 0 Å². The molecule has 0 aromatic rings. The first-order valence-corrected chi connectivity index (χ1v) is 4.78. The number of hydrogen-bond donors (Lipinski definition) is 2. The van der Waals surface area contributed by atoms with E-state index in [-0.39, 0.29) is 0 Å². The van der Waals surface area contributed by atoms with E-state index in [2.05, 4.69) is 5.32 Å². The molecule has 0 fully saturated rings. The molecule has 0 aliphatic rings. The van der Waals surface area contributed by atoms with E-state index < -0.39 is 36.9 Å². The third kappa shape index (κ3) is 4.90.